The van der Waals surface area contributed by atoms with Crippen molar-refractivity contribution in [3.63, 3.8) is 0 Å². The predicted molar refractivity (Wildman–Crippen MR) is 185 cm³/mol. The fourth-order valence-corrected chi connectivity index (χ4v) is 6.66. The Morgan fingerprint density at radius 2 is 1.47 bits per heavy atom. The van der Waals surface area contributed by atoms with E-state index in [1.54, 1.807) is 36.0 Å². The summed E-state index contributed by atoms with van der Waals surface area (Å²) >= 11 is 15.4. The van der Waals surface area contributed by atoms with Gasteiger partial charge in [-0.2, -0.15) is 0 Å². The second-order valence-electron chi connectivity index (χ2n) is 12.6. The molecule has 0 amide bonds. The van der Waals surface area contributed by atoms with Crippen molar-refractivity contribution in [3.8, 4) is 22.6 Å². The molecule has 1 aliphatic carbocycles. The van der Waals surface area contributed by atoms with Crippen LogP contribution in [0.4, 0.5) is 0 Å². The number of hydrogen-bond acceptors (Lipinski definition) is 3. The molecule has 0 spiro atoms. The van der Waals surface area contributed by atoms with Crippen LogP contribution < -0.4 is 5.11 Å². The van der Waals surface area contributed by atoms with Gasteiger partial charge >= 0.3 is 11.5 Å². The molecule has 1 aromatic heterocycles. The largest absolute Gasteiger partial charge is 0.871 e. The van der Waals surface area contributed by atoms with E-state index in [0.29, 0.717) is 27.7 Å². The monoisotopic (exact) mass is 736 g/mol. The number of carbonyl (C=O) groups is 1. The van der Waals surface area contributed by atoms with Crippen LogP contribution >= 0.6 is 55.2 Å². The van der Waals surface area contributed by atoms with Crippen LogP contribution in [0.2, 0.25) is 5.02 Å². The smallest absolute Gasteiger partial charge is 0.362 e. The first-order valence-corrected chi connectivity index (χ1v) is 16.6. The molecule has 2 heterocycles. The molecule has 0 N–H and O–H groups in total. The number of Topliss-reactive ketones (excluding diaryl/α,β-unsaturated/α-hetero) is 1. The van der Waals surface area contributed by atoms with Crippen molar-refractivity contribution in [3.05, 3.63) is 125 Å². The molecule has 0 radical (unpaired) electrons. The van der Waals surface area contributed by atoms with E-state index in [-0.39, 0.29) is 33.5 Å². The van der Waals surface area contributed by atoms with Crippen LogP contribution in [-0.4, -0.2) is 5.78 Å². The molecule has 1 aliphatic heterocycles. The molecular weight excluding hydrogens is 708 g/mol. The number of halogens is 3. The topological polar surface area (TPSA) is 51.4 Å². The molecule has 2 aliphatic rings. The second kappa shape index (κ2) is 12.0. The van der Waals surface area contributed by atoms with E-state index in [1.165, 1.54) is 9.81 Å². The average molecular weight is 739 g/mol. The first kappa shape index (κ1) is 31.8. The van der Waals surface area contributed by atoms with Crippen LogP contribution in [0.3, 0.4) is 0 Å². The zero-order valence-electron chi connectivity index (χ0n) is 24.8. The standard InChI is InChI=1S/C36H31Br2ClO3S/c1-35(2,3)31-17-21(18-32(43-31)36(4,5)6)14-25-33(40)24(34(25)41)13-20-15-29(22-11-12-26(37)27(38)19-22)42-30(16-20)23-9-7-8-10-28(23)39/h7-19H,1-6H3. The number of benzene rings is 2. The van der Waals surface area contributed by atoms with Crippen LogP contribution in [0.15, 0.2) is 118 Å². The molecule has 220 valence electrons. The number of thioether (sulfide) groups is 1. The Bertz CT molecular complexity index is 1780. The van der Waals surface area contributed by atoms with E-state index in [0.717, 1.165) is 20.1 Å². The van der Waals surface area contributed by atoms with Gasteiger partial charge in [-0.05, 0) is 118 Å². The molecular formula is C36H31Br2ClO3S. The Labute approximate surface area is 279 Å². The lowest BCUT2D eigenvalue weighted by atomic mass is 9.84. The fourth-order valence-electron chi connectivity index (χ4n) is 4.56. The summed E-state index contributed by atoms with van der Waals surface area (Å²) in [5, 5.41) is 13.9. The van der Waals surface area contributed by atoms with E-state index >= 15 is 0 Å². The van der Waals surface area contributed by atoms with Crippen LogP contribution in [0.5, 0.6) is 0 Å². The van der Waals surface area contributed by atoms with Gasteiger partial charge in [0.25, 0.3) is 0 Å². The van der Waals surface area contributed by atoms with Crippen LogP contribution in [-0.2, 0) is 4.79 Å². The number of allylic oxidation sites excluding steroid dienone is 8. The van der Waals surface area contributed by atoms with Gasteiger partial charge in [-0.3, -0.25) is 4.79 Å². The molecule has 3 nitrogen and oxygen atoms in total. The quantitative estimate of drug-likeness (QED) is 0.198. The summed E-state index contributed by atoms with van der Waals surface area (Å²) in [6.07, 6.45) is 7.56. The highest BCUT2D eigenvalue weighted by Crippen LogP contribution is 2.49. The van der Waals surface area contributed by atoms with Gasteiger partial charge in [0.1, 0.15) is 0 Å². The molecule has 7 heteroatoms. The van der Waals surface area contributed by atoms with Gasteiger partial charge < -0.3 is 5.11 Å². The minimum Gasteiger partial charge on any atom is -0.871 e. The van der Waals surface area contributed by atoms with Crippen molar-refractivity contribution in [2.24, 2.45) is 10.8 Å². The van der Waals surface area contributed by atoms with Crippen molar-refractivity contribution in [1.29, 1.82) is 0 Å². The Hall–Kier alpha value is -2.64. The van der Waals surface area contributed by atoms with Crippen LogP contribution in [0.25, 0.3) is 28.7 Å². The summed E-state index contributed by atoms with van der Waals surface area (Å²) in [5.41, 5.74) is 3.30. The number of hydrogen-bond donors (Lipinski definition) is 0. The molecule has 0 unspecified atom stereocenters. The van der Waals surface area contributed by atoms with E-state index in [2.05, 4.69) is 85.6 Å². The van der Waals surface area contributed by atoms with E-state index < -0.39 is 0 Å². The maximum absolute atomic E-state index is 13.4. The SMILES string of the molecule is CC(C)(C)C1=CC(=CC2=C([O-])C(=Cc3cc(-c4ccc(Br)c(Br)c4)[o+]c(-c4ccccc4Cl)c3)C2=O)C=C(C(C)(C)C)S1. The van der Waals surface area contributed by atoms with Gasteiger partial charge in [0.15, 0.2) is 5.78 Å². The summed E-state index contributed by atoms with van der Waals surface area (Å²) in [4.78, 5) is 15.8. The van der Waals surface area contributed by atoms with Crippen molar-refractivity contribution in [2.75, 3.05) is 0 Å². The third kappa shape index (κ3) is 6.88. The minimum absolute atomic E-state index is 0.0578. The molecule has 0 bridgehead atoms. The summed E-state index contributed by atoms with van der Waals surface area (Å²) in [6.45, 7) is 13.0. The van der Waals surface area contributed by atoms with Gasteiger partial charge in [-0.1, -0.05) is 82.8 Å². The molecule has 2 aromatic carbocycles. The van der Waals surface area contributed by atoms with Crippen LogP contribution in [0.1, 0.15) is 47.1 Å². The first-order chi connectivity index (χ1) is 20.1. The lowest BCUT2D eigenvalue weighted by molar-refractivity contribution is -0.300. The Morgan fingerprint density at radius 3 is 2.05 bits per heavy atom. The summed E-state index contributed by atoms with van der Waals surface area (Å²) < 4.78 is 8.08. The third-order valence-electron chi connectivity index (χ3n) is 7.05. The maximum atomic E-state index is 13.4. The van der Waals surface area contributed by atoms with Gasteiger partial charge in [0, 0.05) is 20.1 Å². The Morgan fingerprint density at radius 1 is 0.837 bits per heavy atom. The van der Waals surface area contributed by atoms with E-state index in [4.69, 9.17) is 16.0 Å². The minimum atomic E-state index is -0.264. The molecule has 0 saturated heterocycles. The first-order valence-electron chi connectivity index (χ1n) is 13.8. The normalized spacial score (nSPS) is 16.7. The van der Waals surface area contributed by atoms with Gasteiger partial charge in [-0.25, -0.2) is 4.42 Å². The molecule has 3 aromatic rings. The van der Waals surface area contributed by atoms with E-state index in [1.807, 2.05) is 42.5 Å². The second-order valence-corrected chi connectivity index (χ2v) is 15.8. The molecule has 5 rings (SSSR count). The zero-order valence-corrected chi connectivity index (χ0v) is 29.5. The van der Waals surface area contributed by atoms with Crippen molar-refractivity contribution >= 4 is 67.1 Å². The molecule has 0 saturated carbocycles. The summed E-state index contributed by atoms with van der Waals surface area (Å²) in [5.74, 6) is 0.571. The zero-order chi connectivity index (χ0) is 31.3. The lowest BCUT2D eigenvalue weighted by Gasteiger charge is -2.33. The van der Waals surface area contributed by atoms with E-state index in [9.17, 15) is 9.90 Å². The predicted octanol–water partition coefficient (Wildman–Crippen LogP) is 11.2. The van der Waals surface area contributed by atoms with Crippen molar-refractivity contribution in [2.45, 2.75) is 41.5 Å². The van der Waals surface area contributed by atoms with Gasteiger partial charge in [0.05, 0.1) is 28.3 Å². The fraction of sp³-hybridized carbons (Fsp3) is 0.222. The Balaban J connectivity index is 1.59. The summed E-state index contributed by atoms with van der Waals surface area (Å²) in [7, 11) is 0. The molecule has 0 atom stereocenters. The van der Waals surface area contributed by atoms with Crippen molar-refractivity contribution in [1.82, 2.24) is 0 Å². The maximum Gasteiger partial charge on any atom is 0.362 e. The molecule has 43 heavy (non-hydrogen) atoms. The average Bonchev–Trinajstić information content (AvgIpc) is 2.95. The van der Waals surface area contributed by atoms with Gasteiger partial charge in [0.2, 0.25) is 0 Å². The number of ketones is 1. The highest BCUT2D eigenvalue weighted by atomic mass is 79.9. The number of carbonyl (C=O) groups excluding carboxylic acids is 1. The summed E-state index contributed by atoms with van der Waals surface area (Å²) in [6, 6.07) is 16.8. The Kier molecular flexibility index (Phi) is 8.90. The van der Waals surface area contributed by atoms with Gasteiger partial charge in [-0.15, -0.1) is 0 Å². The van der Waals surface area contributed by atoms with Crippen molar-refractivity contribution < 1.29 is 14.3 Å². The lowest BCUT2D eigenvalue weighted by Crippen LogP contribution is -2.29. The van der Waals surface area contributed by atoms with Crippen LogP contribution in [0, 0.1) is 10.8 Å². The highest BCUT2D eigenvalue weighted by Gasteiger charge is 2.30. The molecule has 0 fully saturated rings. The number of rotatable bonds is 4. The third-order valence-corrected chi connectivity index (χ3v) is 11.2. The highest BCUT2D eigenvalue weighted by molar-refractivity contribution is 9.13.